The van der Waals surface area contributed by atoms with E-state index in [1.165, 1.54) is 0 Å². The van der Waals surface area contributed by atoms with Gasteiger partial charge in [0.05, 0.1) is 11.4 Å². The van der Waals surface area contributed by atoms with Crippen molar-refractivity contribution in [3.05, 3.63) is 48.8 Å². The summed E-state index contributed by atoms with van der Waals surface area (Å²) >= 11 is 0. The van der Waals surface area contributed by atoms with E-state index in [1.807, 2.05) is 36.4 Å². The van der Waals surface area contributed by atoms with Crippen molar-refractivity contribution >= 4 is 0 Å². The Morgan fingerprint density at radius 1 is 0.850 bits per heavy atom. The Kier molecular flexibility index (Phi) is 9.59. The van der Waals surface area contributed by atoms with E-state index < -0.39 is 6.29 Å². The van der Waals surface area contributed by atoms with E-state index >= 15 is 0 Å². The fourth-order valence-electron chi connectivity index (χ4n) is 1.03. The summed E-state index contributed by atoms with van der Waals surface area (Å²) in [6.07, 6.45) is 2.33. The second-order valence-electron chi connectivity index (χ2n) is 5.17. The maximum Gasteiger partial charge on any atom is 0.156 e. The smallest absolute Gasteiger partial charge is 0.156 e. The Labute approximate surface area is 160 Å². The zero-order chi connectivity index (χ0) is 14.3. The normalized spacial score (nSPS) is 10.3. The van der Waals surface area contributed by atoms with Crippen molar-refractivity contribution in [3.8, 4) is 11.4 Å². The van der Waals surface area contributed by atoms with Gasteiger partial charge in [0.2, 0.25) is 0 Å². The van der Waals surface area contributed by atoms with Gasteiger partial charge in [0.1, 0.15) is 0 Å². The first-order valence-electron chi connectivity index (χ1n) is 6.10. The van der Waals surface area contributed by atoms with Gasteiger partial charge in [-0.2, -0.15) is 0 Å². The van der Waals surface area contributed by atoms with E-state index in [1.54, 1.807) is 33.2 Å². The van der Waals surface area contributed by atoms with Crippen molar-refractivity contribution in [1.82, 2.24) is 9.97 Å². The molecule has 0 atom stereocenters. The zero-order valence-corrected chi connectivity index (χ0v) is 14.3. The Morgan fingerprint density at radius 2 is 1.20 bits per heavy atom. The Morgan fingerprint density at radius 3 is 1.40 bits per heavy atom. The number of hydrogen-bond acceptors (Lipinski definition) is 4. The van der Waals surface area contributed by atoms with Gasteiger partial charge in [0.15, 0.2) is 6.29 Å². The van der Waals surface area contributed by atoms with Gasteiger partial charge in [-0.15, -0.1) is 0 Å². The summed E-state index contributed by atoms with van der Waals surface area (Å²) < 4.78 is 0. The Balaban J connectivity index is 0.000000396. The molecule has 0 fully saturated rings. The topological polar surface area (TPSA) is 66.2 Å². The molecule has 20 heavy (non-hydrogen) atoms. The average molecular weight is 412 g/mol. The molecule has 1 radical (unpaired) electrons. The van der Waals surface area contributed by atoms with E-state index in [2.05, 4.69) is 9.97 Å². The van der Waals surface area contributed by atoms with Crippen LogP contribution in [-0.4, -0.2) is 26.5 Å². The second kappa shape index (κ2) is 9.69. The molecule has 2 aromatic heterocycles. The van der Waals surface area contributed by atoms with Gasteiger partial charge < -0.3 is 10.2 Å². The first kappa shape index (κ1) is 19.8. The SMILES string of the molecule is CC(C)(C)C(O)O.[Eu].c1ccc(-c2ccccn2)nc1. The fourth-order valence-corrected chi connectivity index (χ4v) is 1.03. The van der Waals surface area contributed by atoms with Crippen molar-refractivity contribution in [2.75, 3.05) is 0 Å². The van der Waals surface area contributed by atoms with Crippen LogP contribution in [0.2, 0.25) is 0 Å². The van der Waals surface area contributed by atoms with Gasteiger partial charge in [-0.3, -0.25) is 9.97 Å². The summed E-state index contributed by atoms with van der Waals surface area (Å²) in [4.78, 5) is 8.37. The third-order valence-electron chi connectivity index (χ3n) is 2.37. The van der Waals surface area contributed by atoms with Crippen LogP contribution in [-0.2, 0) is 0 Å². The number of rotatable bonds is 1. The van der Waals surface area contributed by atoms with Gasteiger partial charge in [-0.25, -0.2) is 0 Å². The van der Waals surface area contributed by atoms with Crippen molar-refractivity contribution < 1.29 is 59.6 Å². The molecule has 0 saturated carbocycles. The fraction of sp³-hybridized carbons (Fsp3) is 0.333. The molecule has 2 aromatic rings. The van der Waals surface area contributed by atoms with E-state index in [4.69, 9.17) is 10.2 Å². The van der Waals surface area contributed by atoms with Crippen molar-refractivity contribution in [3.63, 3.8) is 0 Å². The average Bonchev–Trinajstić information content (AvgIpc) is 2.40. The van der Waals surface area contributed by atoms with E-state index in [9.17, 15) is 0 Å². The molecular formula is C15H20EuN2O2. The zero-order valence-electron chi connectivity index (χ0n) is 11.9. The largest absolute Gasteiger partial charge is 0.368 e. The van der Waals surface area contributed by atoms with E-state index in [0.29, 0.717) is 0 Å². The standard InChI is InChI=1S/C10H8N2.C5H12O2.Eu/c1-3-7-11-9(5-1)10-6-2-4-8-12-10;1-5(2,3)4(6)7;/h1-8H;4,6-7H,1-3H3;. The molecule has 2 rings (SSSR count). The maximum absolute atomic E-state index is 8.44. The predicted molar refractivity (Wildman–Crippen MR) is 75.1 cm³/mol. The minimum absolute atomic E-state index is 0. The first-order valence-corrected chi connectivity index (χ1v) is 6.10. The molecule has 0 bridgehead atoms. The Bertz CT molecular complexity index is 433. The molecule has 109 valence electrons. The first-order chi connectivity index (χ1) is 8.91. The van der Waals surface area contributed by atoms with Gasteiger partial charge in [-0.1, -0.05) is 32.9 Å². The van der Waals surface area contributed by atoms with Crippen LogP contribution < -0.4 is 0 Å². The molecule has 0 saturated heterocycles. The van der Waals surface area contributed by atoms with Crippen LogP contribution in [0.5, 0.6) is 0 Å². The molecule has 0 spiro atoms. The van der Waals surface area contributed by atoms with Crippen LogP contribution in [0.15, 0.2) is 48.8 Å². The molecule has 0 aromatic carbocycles. The molecule has 0 unspecified atom stereocenters. The third-order valence-corrected chi connectivity index (χ3v) is 2.37. The third kappa shape index (κ3) is 7.55. The van der Waals surface area contributed by atoms with Crippen LogP contribution in [0.1, 0.15) is 20.8 Å². The summed E-state index contributed by atoms with van der Waals surface area (Å²) in [5.74, 6) is 0. The van der Waals surface area contributed by atoms with Gasteiger partial charge in [0, 0.05) is 67.2 Å². The summed E-state index contributed by atoms with van der Waals surface area (Å²) in [6.45, 7) is 5.28. The Hall–Kier alpha value is -0.196. The summed E-state index contributed by atoms with van der Waals surface area (Å²) in [6, 6.07) is 11.6. The predicted octanol–water partition coefficient (Wildman–Crippen LogP) is 2.49. The number of aliphatic hydroxyl groups excluding tert-OH is 1. The number of aliphatic hydroxyl groups is 2. The minimum atomic E-state index is -1.20. The molecule has 4 nitrogen and oxygen atoms in total. The minimum Gasteiger partial charge on any atom is -0.368 e. The number of hydrogen-bond donors (Lipinski definition) is 2. The van der Waals surface area contributed by atoms with Crippen LogP contribution in [0.3, 0.4) is 0 Å². The molecule has 0 amide bonds. The summed E-state index contributed by atoms with van der Waals surface area (Å²) in [5, 5.41) is 16.9. The number of aromatic nitrogens is 2. The van der Waals surface area contributed by atoms with Gasteiger partial charge in [0.25, 0.3) is 0 Å². The van der Waals surface area contributed by atoms with Crippen molar-refractivity contribution in [2.45, 2.75) is 27.1 Å². The monoisotopic (exact) mass is 413 g/mol. The van der Waals surface area contributed by atoms with Crippen LogP contribution in [0.4, 0.5) is 0 Å². The summed E-state index contributed by atoms with van der Waals surface area (Å²) in [7, 11) is 0. The van der Waals surface area contributed by atoms with E-state index in [-0.39, 0.29) is 54.8 Å². The number of nitrogens with zero attached hydrogens (tertiary/aromatic N) is 2. The van der Waals surface area contributed by atoms with Crippen molar-refractivity contribution in [2.24, 2.45) is 5.41 Å². The van der Waals surface area contributed by atoms with Crippen LogP contribution in [0.25, 0.3) is 11.4 Å². The van der Waals surface area contributed by atoms with Crippen LogP contribution >= 0.6 is 0 Å². The second-order valence-corrected chi connectivity index (χ2v) is 5.17. The maximum atomic E-state index is 8.44. The van der Waals surface area contributed by atoms with E-state index in [0.717, 1.165) is 11.4 Å². The molecule has 0 aliphatic rings. The molecule has 0 aliphatic carbocycles. The quantitative estimate of drug-likeness (QED) is 0.707. The van der Waals surface area contributed by atoms with Gasteiger partial charge >= 0.3 is 0 Å². The van der Waals surface area contributed by atoms with Crippen molar-refractivity contribution in [1.29, 1.82) is 0 Å². The molecule has 0 aliphatic heterocycles. The molecule has 5 heteroatoms. The summed E-state index contributed by atoms with van der Waals surface area (Å²) in [5.41, 5.74) is 1.44. The molecule has 2 N–H and O–H groups in total. The molecule has 2 heterocycles. The van der Waals surface area contributed by atoms with Crippen LogP contribution in [0, 0.1) is 54.8 Å². The van der Waals surface area contributed by atoms with Gasteiger partial charge in [-0.05, 0) is 24.3 Å². The molecular weight excluding hydrogens is 392 g/mol. The number of pyridine rings is 2.